The SMILES string of the molecule is C[C@H](OC(=O)NC(C)(C)C)[C@@H](O)c1cc(C(F)(F)F)cc(C(F)(F)F)c1. The van der Waals surface area contributed by atoms with Crippen LogP contribution >= 0.6 is 0 Å². The molecule has 1 aromatic rings. The Morgan fingerprint density at radius 3 is 1.77 bits per heavy atom. The van der Waals surface area contributed by atoms with Crippen molar-refractivity contribution in [1.82, 2.24) is 5.32 Å². The molecule has 0 aliphatic rings. The van der Waals surface area contributed by atoms with Crippen LogP contribution in [0, 0.1) is 0 Å². The van der Waals surface area contributed by atoms with Crippen LogP contribution in [0.15, 0.2) is 18.2 Å². The molecule has 2 N–H and O–H groups in total. The van der Waals surface area contributed by atoms with Crippen LogP contribution in [0.1, 0.15) is 50.5 Å². The van der Waals surface area contributed by atoms with Crippen LogP contribution in [0.25, 0.3) is 0 Å². The molecule has 0 unspecified atom stereocenters. The van der Waals surface area contributed by atoms with Crippen molar-refractivity contribution < 1.29 is 41.0 Å². The average molecular weight is 387 g/mol. The maximum absolute atomic E-state index is 12.9. The second-order valence-electron chi connectivity index (χ2n) is 6.77. The largest absolute Gasteiger partial charge is 0.443 e. The number of halogens is 6. The van der Waals surface area contributed by atoms with Gasteiger partial charge in [0.15, 0.2) is 0 Å². The number of nitrogens with one attached hydrogen (secondary N) is 1. The molecule has 0 aliphatic carbocycles. The van der Waals surface area contributed by atoms with E-state index in [1.165, 1.54) is 0 Å². The fraction of sp³-hybridized carbons (Fsp3) is 0.562. The Morgan fingerprint density at radius 2 is 1.42 bits per heavy atom. The van der Waals surface area contributed by atoms with Gasteiger partial charge in [-0.2, -0.15) is 26.3 Å². The molecular formula is C16H19F6NO3. The summed E-state index contributed by atoms with van der Waals surface area (Å²) in [5.41, 5.74) is -4.47. The lowest BCUT2D eigenvalue weighted by atomic mass is 9.98. The van der Waals surface area contributed by atoms with Crippen LogP contribution < -0.4 is 5.32 Å². The van der Waals surface area contributed by atoms with Gasteiger partial charge >= 0.3 is 18.4 Å². The van der Waals surface area contributed by atoms with Gasteiger partial charge in [-0.25, -0.2) is 4.79 Å². The molecule has 0 fully saturated rings. The maximum atomic E-state index is 12.9. The van der Waals surface area contributed by atoms with Gasteiger partial charge in [0.1, 0.15) is 12.2 Å². The number of alkyl halides is 6. The lowest BCUT2D eigenvalue weighted by molar-refractivity contribution is -0.143. The predicted octanol–water partition coefficient (Wildman–Crippen LogP) is 4.67. The van der Waals surface area contributed by atoms with E-state index in [4.69, 9.17) is 4.74 Å². The second-order valence-corrected chi connectivity index (χ2v) is 6.77. The number of aliphatic hydroxyl groups excluding tert-OH is 1. The van der Waals surface area contributed by atoms with E-state index in [0.29, 0.717) is 12.1 Å². The number of hydrogen-bond donors (Lipinski definition) is 2. The van der Waals surface area contributed by atoms with Crippen molar-refractivity contribution in [3.8, 4) is 0 Å². The zero-order chi connectivity index (χ0) is 20.5. The Bertz CT molecular complexity index is 617. The van der Waals surface area contributed by atoms with E-state index in [-0.39, 0.29) is 6.07 Å². The molecule has 0 aliphatic heterocycles. The highest BCUT2D eigenvalue weighted by atomic mass is 19.4. The van der Waals surface area contributed by atoms with Crippen molar-refractivity contribution in [2.45, 2.75) is 57.8 Å². The van der Waals surface area contributed by atoms with Crippen molar-refractivity contribution in [1.29, 1.82) is 0 Å². The number of carbonyl (C=O) groups excluding carboxylic acids is 1. The Kier molecular flexibility index (Phi) is 6.23. The third kappa shape index (κ3) is 6.40. The monoisotopic (exact) mass is 387 g/mol. The van der Waals surface area contributed by atoms with Crippen molar-refractivity contribution >= 4 is 6.09 Å². The molecule has 26 heavy (non-hydrogen) atoms. The average Bonchev–Trinajstić information content (AvgIpc) is 2.41. The summed E-state index contributed by atoms with van der Waals surface area (Å²) in [6.45, 7) is 6.06. The van der Waals surface area contributed by atoms with Gasteiger partial charge in [0.2, 0.25) is 0 Å². The number of carbonyl (C=O) groups is 1. The van der Waals surface area contributed by atoms with Gasteiger partial charge in [-0.15, -0.1) is 0 Å². The summed E-state index contributed by atoms with van der Waals surface area (Å²) >= 11 is 0. The van der Waals surface area contributed by atoms with E-state index >= 15 is 0 Å². The fourth-order valence-electron chi connectivity index (χ4n) is 1.99. The molecule has 0 bridgehead atoms. The van der Waals surface area contributed by atoms with Gasteiger partial charge in [0.25, 0.3) is 0 Å². The number of hydrogen-bond acceptors (Lipinski definition) is 3. The van der Waals surface area contributed by atoms with E-state index in [2.05, 4.69) is 5.32 Å². The molecule has 0 aromatic heterocycles. The van der Waals surface area contributed by atoms with E-state index in [1.54, 1.807) is 20.8 Å². The number of alkyl carbamates (subject to hydrolysis) is 1. The number of amides is 1. The molecule has 1 amide bonds. The molecule has 4 nitrogen and oxygen atoms in total. The van der Waals surface area contributed by atoms with Gasteiger partial charge in [0.05, 0.1) is 11.1 Å². The number of benzene rings is 1. The number of aliphatic hydroxyl groups is 1. The highest BCUT2D eigenvalue weighted by Gasteiger charge is 2.38. The summed E-state index contributed by atoms with van der Waals surface area (Å²) < 4.78 is 81.9. The van der Waals surface area contributed by atoms with Gasteiger partial charge in [-0.1, -0.05) is 0 Å². The van der Waals surface area contributed by atoms with Gasteiger partial charge < -0.3 is 15.2 Å². The lowest BCUT2D eigenvalue weighted by Gasteiger charge is -2.25. The minimum Gasteiger partial charge on any atom is -0.443 e. The smallest absolute Gasteiger partial charge is 0.416 e. The molecular weight excluding hydrogens is 368 g/mol. The van der Waals surface area contributed by atoms with Crippen LogP contribution in [0.4, 0.5) is 31.1 Å². The first kappa shape index (κ1) is 22.1. The summed E-state index contributed by atoms with van der Waals surface area (Å²) in [5.74, 6) is 0. The molecule has 1 aromatic carbocycles. The number of rotatable bonds is 3. The molecule has 0 saturated carbocycles. The van der Waals surface area contributed by atoms with Crippen molar-refractivity contribution in [2.75, 3.05) is 0 Å². The standard InChI is InChI=1S/C16H19F6NO3/c1-8(26-13(25)23-14(2,3)4)12(24)9-5-10(15(17,18)19)7-11(6-9)16(20,21)22/h5-8,12,24H,1-4H3,(H,23,25)/t8-,12+/m0/s1. The summed E-state index contributed by atoms with van der Waals surface area (Å²) in [5, 5.41) is 12.5. The molecule has 0 radical (unpaired) electrons. The Hall–Kier alpha value is -1.97. The first-order valence-corrected chi connectivity index (χ1v) is 7.47. The topological polar surface area (TPSA) is 58.6 Å². The highest BCUT2D eigenvalue weighted by molar-refractivity contribution is 5.68. The molecule has 0 spiro atoms. The van der Waals surface area contributed by atoms with Gasteiger partial charge in [-0.3, -0.25) is 0 Å². The minimum atomic E-state index is -5.04. The summed E-state index contributed by atoms with van der Waals surface area (Å²) in [6, 6.07) is 0.733. The first-order valence-electron chi connectivity index (χ1n) is 7.47. The van der Waals surface area contributed by atoms with Crippen LogP contribution in [0.2, 0.25) is 0 Å². The normalized spacial score (nSPS) is 15.3. The molecule has 148 valence electrons. The van der Waals surface area contributed by atoms with Crippen LogP contribution in [-0.2, 0) is 17.1 Å². The molecule has 2 atom stereocenters. The predicted molar refractivity (Wildman–Crippen MR) is 80.2 cm³/mol. The minimum absolute atomic E-state index is 0.0476. The van der Waals surface area contributed by atoms with Crippen molar-refractivity contribution in [3.05, 3.63) is 34.9 Å². The van der Waals surface area contributed by atoms with Crippen LogP contribution in [0.3, 0.4) is 0 Å². The second kappa shape index (κ2) is 7.34. The van der Waals surface area contributed by atoms with Crippen LogP contribution in [0.5, 0.6) is 0 Å². The summed E-state index contributed by atoms with van der Waals surface area (Å²) in [4.78, 5) is 11.7. The maximum Gasteiger partial charge on any atom is 0.416 e. The third-order valence-electron chi connectivity index (χ3n) is 3.17. The first-order chi connectivity index (χ1) is 11.5. The van der Waals surface area contributed by atoms with E-state index in [1.807, 2.05) is 0 Å². The quantitative estimate of drug-likeness (QED) is 0.741. The summed E-state index contributed by atoms with van der Waals surface area (Å²) in [7, 11) is 0. The fourth-order valence-corrected chi connectivity index (χ4v) is 1.99. The van der Waals surface area contributed by atoms with E-state index < -0.39 is 52.9 Å². The highest BCUT2D eigenvalue weighted by Crippen LogP contribution is 2.38. The molecule has 0 saturated heterocycles. The third-order valence-corrected chi connectivity index (χ3v) is 3.17. The zero-order valence-corrected chi connectivity index (χ0v) is 14.4. The molecule has 1 rings (SSSR count). The van der Waals surface area contributed by atoms with Gasteiger partial charge in [0, 0.05) is 5.54 Å². The molecule has 10 heteroatoms. The Morgan fingerprint density at radius 1 is 1.00 bits per heavy atom. The lowest BCUT2D eigenvalue weighted by Crippen LogP contribution is -2.42. The van der Waals surface area contributed by atoms with Crippen molar-refractivity contribution in [3.63, 3.8) is 0 Å². The van der Waals surface area contributed by atoms with Crippen LogP contribution in [-0.4, -0.2) is 22.8 Å². The summed E-state index contributed by atoms with van der Waals surface area (Å²) in [6.07, 6.45) is -14.3. The zero-order valence-electron chi connectivity index (χ0n) is 14.4. The number of ether oxygens (including phenoxy) is 1. The van der Waals surface area contributed by atoms with E-state index in [0.717, 1.165) is 6.92 Å². The van der Waals surface area contributed by atoms with Crippen molar-refractivity contribution in [2.24, 2.45) is 0 Å². The Balaban J connectivity index is 3.14. The van der Waals surface area contributed by atoms with Gasteiger partial charge in [-0.05, 0) is 51.5 Å². The molecule has 0 heterocycles. The Labute approximate surface area is 146 Å². The van der Waals surface area contributed by atoms with E-state index in [9.17, 15) is 36.2 Å².